The highest BCUT2D eigenvalue weighted by atomic mass is 16.6. The number of rotatable bonds is 3. The molecule has 1 unspecified atom stereocenters. The Morgan fingerprint density at radius 2 is 1.65 bits per heavy atom. The van der Waals surface area contributed by atoms with Crippen molar-refractivity contribution in [3.63, 3.8) is 0 Å². The maximum absolute atomic E-state index is 12.4. The normalized spacial score (nSPS) is 21.7. The number of aryl methyl sites for hydroxylation is 1. The van der Waals surface area contributed by atoms with Crippen LogP contribution >= 0.6 is 0 Å². The van der Waals surface area contributed by atoms with Crippen molar-refractivity contribution < 1.29 is 14.3 Å². The molecule has 2 aromatic rings. The number of carbonyl (C=O) groups excluding carboxylic acids is 2. The number of likely N-dealkylation sites (tertiary alicyclic amines) is 2. The smallest absolute Gasteiger partial charge is 0.410 e. The average molecular weight is 462 g/mol. The number of nitrogens with two attached hydrogens (primary N) is 1. The van der Waals surface area contributed by atoms with Gasteiger partial charge in [0.25, 0.3) is 0 Å². The van der Waals surface area contributed by atoms with Gasteiger partial charge >= 0.3 is 6.09 Å². The Hall–Kier alpha value is -2.86. The first kappa shape index (κ1) is 22.9. The summed E-state index contributed by atoms with van der Waals surface area (Å²) in [7, 11) is 0. The van der Waals surface area contributed by atoms with Gasteiger partial charge in [-0.2, -0.15) is 0 Å². The van der Waals surface area contributed by atoms with Crippen LogP contribution in [0, 0.1) is 5.41 Å². The van der Waals surface area contributed by atoms with Gasteiger partial charge in [0, 0.05) is 37.8 Å². The third kappa shape index (κ3) is 4.43. The van der Waals surface area contributed by atoms with Crippen LogP contribution in [0.2, 0.25) is 0 Å². The van der Waals surface area contributed by atoms with Gasteiger partial charge < -0.3 is 15.4 Å². The van der Waals surface area contributed by atoms with Gasteiger partial charge in [0.2, 0.25) is 5.91 Å². The molecule has 5 rings (SSSR count). The number of fused-ring (bicyclic) bond motifs is 1. The SMILES string of the molecule is CC(C)(C)OC(=O)N1CCC2(CC1)CN(C1CCc3cc(-c4ccc(C(N)=O)cc4)ccc31)C2. The van der Waals surface area contributed by atoms with Crippen molar-refractivity contribution in [2.24, 2.45) is 11.1 Å². The Balaban J connectivity index is 1.19. The molecule has 2 aliphatic heterocycles. The van der Waals surface area contributed by atoms with E-state index in [1.807, 2.05) is 37.8 Å². The van der Waals surface area contributed by atoms with Crippen molar-refractivity contribution in [3.8, 4) is 11.1 Å². The molecule has 1 atom stereocenters. The minimum atomic E-state index is -0.442. The molecule has 2 fully saturated rings. The molecule has 2 aromatic carbocycles. The van der Waals surface area contributed by atoms with Crippen LogP contribution in [0.25, 0.3) is 11.1 Å². The largest absolute Gasteiger partial charge is 0.444 e. The Kier molecular flexibility index (Phi) is 5.67. The lowest BCUT2D eigenvalue weighted by Crippen LogP contribution is -2.61. The third-order valence-corrected chi connectivity index (χ3v) is 7.69. The number of benzene rings is 2. The molecule has 2 saturated heterocycles. The second-order valence-corrected chi connectivity index (χ2v) is 11.3. The lowest BCUT2D eigenvalue weighted by atomic mass is 9.71. The minimum Gasteiger partial charge on any atom is -0.444 e. The monoisotopic (exact) mass is 461 g/mol. The van der Waals surface area contributed by atoms with Gasteiger partial charge in [-0.15, -0.1) is 0 Å². The number of amides is 2. The molecule has 1 spiro atoms. The highest BCUT2D eigenvalue weighted by molar-refractivity contribution is 5.93. The van der Waals surface area contributed by atoms with Crippen LogP contribution in [0.3, 0.4) is 0 Å². The van der Waals surface area contributed by atoms with Gasteiger partial charge in [-0.3, -0.25) is 9.69 Å². The van der Waals surface area contributed by atoms with Gasteiger partial charge in [0.05, 0.1) is 0 Å². The number of carbonyl (C=O) groups is 2. The second-order valence-electron chi connectivity index (χ2n) is 11.3. The van der Waals surface area contributed by atoms with E-state index in [0.29, 0.717) is 17.0 Å². The zero-order chi connectivity index (χ0) is 24.1. The van der Waals surface area contributed by atoms with Gasteiger partial charge in [-0.25, -0.2) is 4.79 Å². The van der Waals surface area contributed by atoms with E-state index in [1.165, 1.54) is 23.1 Å². The molecule has 34 heavy (non-hydrogen) atoms. The standard InChI is InChI=1S/C28H35N3O3/c1-27(2,3)34-26(33)30-14-12-28(13-15-30)17-31(18-28)24-11-9-22-16-21(8-10-23(22)24)19-4-6-20(7-5-19)25(29)32/h4-8,10,16,24H,9,11-15,17-18H2,1-3H3,(H2,29,32). The summed E-state index contributed by atoms with van der Waals surface area (Å²) in [6.07, 6.45) is 4.21. The van der Waals surface area contributed by atoms with E-state index >= 15 is 0 Å². The van der Waals surface area contributed by atoms with Crippen molar-refractivity contribution >= 4 is 12.0 Å². The number of hydrogen-bond donors (Lipinski definition) is 1. The van der Waals surface area contributed by atoms with Crippen molar-refractivity contribution in [1.82, 2.24) is 9.80 Å². The number of nitrogens with zero attached hydrogens (tertiary/aromatic N) is 2. The summed E-state index contributed by atoms with van der Waals surface area (Å²) >= 11 is 0. The Morgan fingerprint density at radius 3 is 2.26 bits per heavy atom. The second kappa shape index (κ2) is 8.42. The number of hydrogen-bond acceptors (Lipinski definition) is 4. The minimum absolute atomic E-state index is 0.177. The molecule has 3 aliphatic rings. The van der Waals surface area contributed by atoms with E-state index in [0.717, 1.165) is 51.0 Å². The Labute approximate surface area is 202 Å². The van der Waals surface area contributed by atoms with Crippen LogP contribution in [0.4, 0.5) is 4.79 Å². The number of piperidine rings is 1. The summed E-state index contributed by atoms with van der Waals surface area (Å²) in [5.74, 6) is -0.397. The number of ether oxygens (including phenoxy) is 1. The molecule has 6 nitrogen and oxygen atoms in total. The van der Waals surface area contributed by atoms with Crippen molar-refractivity contribution in [1.29, 1.82) is 0 Å². The first-order valence-electron chi connectivity index (χ1n) is 12.4. The predicted octanol–water partition coefficient (Wildman–Crippen LogP) is 4.77. The van der Waals surface area contributed by atoms with Crippen LogP contribution in [0.1, 0.15) is 67.6 Å². The van der Waals surface area contributed by atoms with Crippen molar-refractivity contribution in [3.05, 3.63) is 59.2 Å². The lowest BCUT2D eigenvalue weighted by Gasteiger charge is -2.56. The Morgan fingerprint density at radius 1 is 1.00 bits per heavy atom. The highest BCUT2D eigenvalue weighted by Crippen LogP contribution is 2.48. The molecular weight excluding hydrogens is 426 g/mol. The van der Waals surface area contributed by atoms with Crippen LogP contribution in [0.15, 0.2) is 42.5 Å². The van der Waals surface area contributed by atoms with Crippen molar-refractivity contribution in [2.45, 2.75) is 58.1 Å². The fourth-order valence-electron chi connectivity index (χ4n) is 5.82. The quantitative estimate of drug-likeness (QED) is 0.714. The van der Waals surface area contributed by atoms with E-state index in [2.05, 4.69) is 23.1 Å². The molecule has 0 saturated carbocycles. The maximum atomic E-state index is 12.4. The average Bonchev–Trinajstić information content (AvgIpc) is 3.19. The zero-order valence-electron chi connectivity index (χ0n) is 20.5. The van der Waals surface area contributed by atoms with Gasteiger partial charge in [0.1, 0.15) is 5.60 Å². The zero-order valence-corrected chi connectivity index (χ0v) is 20.5. The summed E-state index contributed by atoms with van der Waals surface area (Å²) < 4.78 is 5.55. The fourth-order valence-corrected chi connectivity index (χ4v) is 5.82. The molecule has 0 bridgehead atoms. The highest BCUT2D eigenvalue weighted by Gasteiger charge is 2.48. The van der Waals surface area contributed by atoms with Gasteiger partial charge in [-0.1, -0.05) is 30.3 Å². The molecule has 6 heteroatoms. The molecular formula is C28H35N3O3. The lowest BCUT2D eigenvalue weighted by molar-refractivity contribution is -0.0716. The Bertz CT molecular complexity index is 1090. The molecule has 1 aliphatic carbocycles. The molecule has 0 radical (unpaired) electrons. The summed E-state index contributed by atoms with van der Waals surface area (Å²) in [5.41, 5.74) is 11.0. The summed E-state index contributed by atoms with van der Waals surface area (Å²) in [5, 5.41) is 0. The maximum Gasteiger partial charge on any atom is 0.410 e. The van der Waals surface area contributed by atoms with E-state index in [9.17, 15) is 9.59 Å². The topological polar surface area (TPSA) is 75.9 Å². The predicted molar refractivity (Wildman–Crippen MR) is 133 cm³/mol. The number of primary amides is 1. The van der Waals surface area contributed by atoms with E-state index in [1.54, 1.807) is 12.1 Å². The van der Waals surface area contributed by atoms with E-state index in [-0.39, 0.29) is 6.09 Å². The van der Waals surface area contributed by atoms with Crippen LogP contribution < -0.4 is 5.73 Å². The summed E-state index contributed by atoms with van der Waals surface area (Å²) in [6.45, 7) is 9.58. The van der Waals surface area contributed by atoms with Crippen molar-refractivity contribution in [2.75, 3.05) is 26.2 Å². The first-order chi connectivity index (χ1) is 16.1. The van der Waals surface area contributed by atoms with Gasteiger partial charge in [-0.05, 0) is 86.3 Å². The molecule has 2 heterocycles. The van der Waals surface area contributed by atoms with Gasteiger partial charge in [0.15, 0.2) is 0 Å². The van der Waals surface area contributed by atoms with Crippen LogP contribution in [0.5, 0.6) is 0 Å². The van der Waals surface area contributed by atoms with Crippen LogP contribution in [-0.2, 0) is 11.2 Å². The van der Waals surface area contributed by atoms with E-state index in [4.69, 9.17) is 10.5 Å². The third-order valence-electron chi connectivity index (χ3n) is 7.69. The molecule has 2 amide bonds. The van der Waals surface area contributed by atoms with E-state index < -0.39 is 11.5 Å². The molecule has 0 aromatic heterocycles. The first-order valence-corrected chi connectivity index (χ1v) is 12.4. The summed E-state index contributed by atoms with van der Waals surface area (Å²) in [4.78, 5) is 28.2. The summed E-state index contributed by atoms with van der Waals surface area (Å²) in [6, 6.07) is 14.8. The fraction of sp³-hybridized carbons (Fsp3) is 0.500. The van der Waals surface area contributed by atoms with Crippen LogP contribution in [-0.4, -0.2) is 53.6 Å². The molecule has 2 N–H and O–H groups in total. The molecule has 180 valence electrons.